The van der Waals surface area contributed by atoms with Gasteiger partial charge in [0, 0.05) is 6.07 Å². The predicted molar refractivity (Wildman–Crippen MR) is 106 cm³/mol. The molecule has 0 N–H and O–H groups in total. The van der Waals surface area contributed by atoms with Gasteiger partial charge in [0.05, 0.1) is 30.2 Å². The fourth-order valence-corrected chi connectivity index (χ4v) is 4.67. The molecule has 11 heteroatoms. The smallest absolute Gasteiger partial charge is 0.419 e. The molecule has 2 aromatic rings. The van der Waals surface area contributed by atoms with Crippen molar-refractivity contribution in [1.29, 1.82) is 5.26 Å². The van der Waals surface area contributed by atoms with Gasteiger partial charge in [-0.1, -0.05) is 0 Å². The second-order valence-electron chi connectivity index (χ2n) is 7.29. The number of amides is 1. The summed E-state index contributed by atoms with van der Waals surface area (Å²) >= 11 is 4.54. The van der Waals surface area contributed by atoms with E-state index in [1.54, 1.807) is 4.90 Å². The Hall–Kier alpha value is -3.00. The van der Waals surface area contributed by atoms with Crippen LogP contribution in [0.25, 0.3) is 0 Å². The molecular weight excluding hydrogens is 436 g/mol. The molecule has 1 saturated carbocycles. The number of hydrogen-bond donors (Lipinski definition) is 1. The number of hydrogen-bond acceptors (Lipinski definition) is 6. The van der Waals surface area contributed by atoms with Crippen LogP contribution in [0.3, 0.4) is 0 Å². The van der Waals surface area contributed by atoms with Gasteiger partial charge >= 0.3 is 6.18 Å². The summed E-state index contributed by atoms with van der Waals surface area (Å²) in [7, 11) is 1.36. The predicted octanol–water partition coefficient (Wildman–Crippen LogP) is 4.11. The number of ether oxygens (including phenoxy) is 1. The summed E-state index contributed by atoms with van der Waals surface area (Å²) in [5.74, 6) is -0.800. The molecule has 6 nitrogen and oxygen atoms in total. The van der Waals surface area contributed by atoms with E-state index in [1.807, 2.05) is 0 Å². The Labute approximate surface area is 180 Å². The van der Waals surface area contributed by atoms with E-state index in [4.69, 9.17) is 10.00 Å². The second kappa shape index (κ2) is 7.30. The average molecular weight is 452 g/mol. The summed E-state index contributed by atoms with van der Waals surface area (Å²) in [4.78, 5) is 19.8. The van der Waals surface area contributed by atoms with Crippen molar-refractivity contribution in [3.8, 4) is 11.8 Å². The third-order valence-electron chi connectivity index (χ3n) is 5.68. The van der Waals surface area contributed by atoms with Crippen LogP contribution < -0.4 is 14.5 Å². The van der Waals surface area contributed by atoms with E-state index in [-0.39, 0.29) is 11.4 Å². The zero-order chi connectivity index (χ0) is 22.6. The fourth-order valence-electron chi connectivity index (χ4n) is 4.08. The van der Waals surface area contributed by atoms with Crippen molar-refractivity contribution in [3.63, 3.8) is 0 Å². The summed E-state index contributed by atoms with van der Waals surface area (Å²) in [6.07, 6.45) is -2.13. The van der Waals surface area contributed by atoms with Crippen LogP contribution >= 0.6 is 12.6 Å². The van der Waals surface area contributed by atoms with Crippen LogP contribution in [0.4, 0.5) is 28.9 Å². The Morgan fingerprint density at radius 1 is 1.32 bits per heavy atom. The summed E-state index contributed by atoms with van der Waals surface area (Å²) in [6, 6.07) is 5.98. The SMILES string of the molecule is COc1cc(F)ccc1N1C(S)N(c2cnc(C#N)c(C(F)(F)F)c2)C(=O)C12CCC2. The van der Waals surface area contributed by atoms with Gasteiger partial charge in [0.15, 0.2) is 11.2 Å². The van der Waals surface area contributed by atoms with Gasteiger partial charge in [0.2, 0.25) is 0 Å². The number of carbonyl (C=O) groups excluding carboxylic acids is 1. The lowest BCUT2D eigenvalue weighted by molar-refractivity contribution is -0.138. The molecule has 0 radical (unpaired) electrons. The molecule has 2 aliphatic rings. The lowest BCUT2D eigenvalue weighted by atomic mass is 9.75. The molecule has 2 heterocycles. The maximum atomic E-state index is 13.7. The van der Waals surface area contributed by atoms with Crippen LogP contribution in [0.1, 0.15) is 30.5 Å². The maximum Gasteiger partial charge on any atom is 0.419 e. The third-order valence-corrected chi connectivity index (χ3v) is 6.15. The molecule has 0 bridgehead atoms. The van der Waals surface area contributed by atoms with Gasteiger partial charge in [0.25, 0.3) is 5.91 Å². The Bertz CT molecular complexity index is 1100. The molecule has 1 unspecified atom stereocenters. The molecule has 162 valence electrons. The summed E-state index contributed by atoms with van der Waals surface area (Å²) in [6.45, 7) is 0. The van der Waals surface area contributed by atoms with E-state index < -0.39 is 40.2 Å². The lowest BCUT2D eigenvalue weighted by Gasteiger charge is -2.45. The van der Waals surface area contributed by atoms with Crippen LogP contribution in [0.2, 0.25) is 0 Å². The Kier molecular flexibility index (Phi) is 5.00. The van der Waals surface area contributed by atoms with Crippen LogP contribution in [-0.2, 0) is 11.0 Å². The van der Waals surface area contributed by atoms with Crippen molar-refractivity contribution in [2.45, 2.75) is 36.5 Å². The van der Waals surface area contributed by atoms with E-state index in [0.29, 0.717) is 18.5 Å². The molecule has 1 saturated heterocycles. The number of thiol groups is 1. The summed E-state index contributed by atoms with van der Waals surface area (Å²) < 4.78 is 59.3. The Morgan fingerprint density at radius 3 is 2.58 bits per heavy atom. The number of rotatable bonds is 3. The first-order valence-corrected chi connectivity index (χ1v) is 9.77. The topological polar surface area (TPSA) is 69.5 Å². The minimum Gasteiger partial charge on any atom is -0.494 e. The number of benzene rings is 1. The Morgan fingerprint density at radius 2 is 2.03 bits per heavy atom. The number of halogens is 4. The Balaban J connectivity index is 1.84. The highest BCUT2D eigenvalue weighted by Gasteiger charge is 2.60. The molecule has 1 aromatic heterocycles. The van der Waals surface area contributed by atoms with E-state index >= 15 is 0 Å². The van der Waals surface area contributed by atoms with Gasteiger partial charge in [0.1, 0.15) is 23.2 Å². The first-order chi connectivity index (χ1) is 14.6. The largest absolute Gasteiger partial charge is 0.494 e. The van der Waals surface area contributed by atoms with Crippen LogP contribution in [0.15, 0.2) is 30.5 Å². The number of pyridine rings is 1. The molecule has 1 aromatic carbocycles. The van der Waals surface area contributed by atoms with E-state index in [9.17, 15) is 22.4 Å². The van der Waals surface area contributed by atoms with Crippen LogP contribution in [0.5, 0.6) is 5.75 Å². The van der Waals surface area contributed by atoms with Gasteiger partial charge < -0.3 is 9.64 Å². The third kappa shape index (κ3) is 3.17. The number of nitriles is 1. The van der Waals surface area contributed by atoms with Crippen LogP contribution in [0, 0.1) is 17.1 Å². The number of methoxy groups -OCH3 is 1. The number of nitrogens with zero attached hydrogens (tertiary/aromatic N) is 4. The highest BCUT2D eigenvalue weighted by Crippen LogP contribution is 2.52. The van der Waals surface area contributed by atoms with Gasteiger partial charge in [-0.15, -0.1) is 12.6 Å². The van der Waals surface area contributed by atoms with Crippen molar-refractivity contribution >= 4 is 29.9 Å². The highest BCUT2D eigenvalue weighted by atomic mass is 32.1. The van der Waals surface area contributed by atoms with Gasteiger partial charge in [-0.2, -0.15) is 18.4 Å². The van der Waals surface area contributed by atoms with E-state index in [2.05, 4.69) is 17.6 Å². The molecule has 1 amide bonds. The fraction of sp³-hybridized carbons (Fsp3) is 0.350. The van der Waals surface area contributed by atoms with Gasteiger partial charge in [-0.25, -0.2) is 9.37 Å². The summed E-state index contributed by atoms with van der Waals surface area (Å²) in [5.41, 5.74) is -3.79. The molecule has 1 aliphatic carbocycles. The van der Waals surface area contributed by atoms with E-state index in [1.165, 1.54) is 31.4 Å². The molecule has 1 atom stereocenters. The number of anilines is 2. The normalized spacial score (nSPS) is 20.0. The molecule has 2 fully saturated rings. The van der Waals surface area contributed by atoms with Crippen LogP contribution in [-0.4, -0.2) is 29.0 Å². The van der Waals surface area contributed by atoms with E-state index in [0.717, 1.165) is 23.6 Å². The first kappa shape index (κ1) is 21.2. The standard InChI is InChI=1S/C20H16F4N4O2S/c1-30-16-7-11(21)3-4-15(16)28-18(31)27(17(29)19(28)5-2-6-19)12-8-13(20(22,23)24)14(9-25)26-10-12/h3-4,7-8,10,18,31H,2,5-6H2,1H3. The second-order valence-corrected chi connectivity index (χ2v) is 7.75. The van der Waals surface area contributed by atoms with Crippen molar-refractivity contribution in [2.24, 2.45) is 0 Å². The first-order valence-electron chi connectivity index (χ1n) is 9.26. The van der Waals surface area contributed by atoms with Crippen molar-refractivity contribution in [1.82, 2.24) is 4.98 Å². The minimum atomic E-state index is -4.82. The monoisotopic (exact) mass is 452 g/mol. The number of carbonyl (C=O) groups is 1. The molecule has 1 spiro atoms. The van der Waals surface area contributed by atoms with Crippen molar-refractivity contribution in [3.05, 3.63) is 47.5 Å². The highest BCUT2D eigenvalue weighted by molar-refractivity contribution is 7.81. The quantitative estimate of drug-likeness (QED) is 0.561. The average Bonchev–Trinajstić information content (AvgIpc) is 2.93. The zero-order valence-electron chi connectivity index (χ0n) is 16.1. The number of alkyl halides is 3. The molecular formula is C20H16F4N4O2S. The van der Waals surface area contributed by atoms with Crippen molar-refractivity contribution < 1.29 is 27.1 Å². The van der Waals surface area contributed by atoms with Gasteiger partial charge in [-0.3, -0.25) is 9.69 Å². The molecule has 31 heavy (non-hydrogen) atoms. The van der Waals surface area contributed by atoms with Crippen molar-refractivity contribution in [2.75, 3.05) is 16.9 Å². The summed E-state index contributed by atoms with van der Waals surface area (Å²) in [5, 5.41) is 8.98. The minimum absolute atomic E-state index is 0.133. The lowest BCUT2D eigenvalue weighted by Crippen LogP contribution is -2.55. The maximum absolute atomic E-state index is 13.7. The molecule has 1 aliphatic heterocycles. The molecule has 4 rings (SSSR count). The number of aromatic nitrogens is 1. The zero-order valence-corrected chi connectivity index (χ0v) is 17.0. The van der Waals surface area contributed by atoms with Gasteiger partial charge in [-0.05, 0) is 37.5 Å².